The maximum Gasteiger partial charge on any atom is 0.281 e. The lowest BCUT2D eigenvalue weighted by Crippen LogP contribution is -2.43. The first-order valence-corrected chi connectivity index (χ1v) is 9.32. The van der Waals surface area contributed by atoms with Crippen LogP contribution in [0.5, 0.6) is 0 Å². The topological polar surface area (TPSA) is 66.0 Å². The van der Waals surface area contributed by atoms with Crippen LogP contribution in [0.2, 0.25) is 0 Å². The van der Waals surface area contributed by atoms with Gasteiger partial charge in [0.2, 0.25) is 0 Å². The van der Waals surface area contributed by atoms with Gasteiger partial charge in [0.1, 0.15) is 15.7 Å². The number of thiazole rings is 1. The summed E-state index contributed by atoms with van der Waals surface area (Å²) in [6.07, 6.45) is 0. The molecule has 2 aromatic carbocycles. The lowest BCUT2D eigenvalue weighted by Gasteiger charge is -2.11. The minimum atomic E-state index is -0.360. The van der Waals surface area contributed by atoms with Crippen LogP contribution in [0.4, 0.5) is 10.1 Å². The molecule has 0 bridgehead atoms. The van der Waals surface area contributed by atoms with Crippen LogP contribution in [0, 0.1) is 19.7 Å². The first-order chi connectivity index (χ1) is 12.9. The van der Waals surface area contributed by atoms with E-state index in [1.807, 2.05) is 31.2 Å². The molecule has 0 saturated heterocycles. The number of thiocarbonyl (C=S) groups is 1. The fourth-order valence-corrected chi connectivity index (χ4v) is 3.53. The van der Waals surface area contributed by atoms with E-state index in [0.29, 0.717) is 21.1 Å². The van der Waals surface area contributed by atoms with Crippen molar-refractivity contribution in [3.8, 4) is 10.6 Å². The van der Waals surface area contributed by atoms with E-state index in [1.165, 1.54) is 23.5 Å². The Morgan fingerprint density at radius 3 is 2.63 bits per heavy atom. The van der Waals surface area contributed by atoms with Gasteiger partial charge in [-0.25, -0.2) is 9.37 Å². The largest absolute Gasteiger partial charge is 0.331 e. The van der Waals surface area contributed by atoms with Gasteiger partial charge in [-0.05, 0) is 55.9 Å². The monoisotopic (exact) mass is 400 g/mol. The summed E-state index contributed by atoms with van der Waals surface area (Å²) in [6, 6.07) is 13.8. The highest BCUT2D eigenvalue weighted by atomic mass is 32.1. The fraction of sp³-hybridized carbons (Fsp3) is 0.105. The van der Waals surface area contributed by atoms with E-state index in [0.717, 1.165) is 11.3 Å². The third-order valence-corrected chi connectivity index (χ3v) is 5.05. The molecular formula is C19H17FN4OS2. The third-order valence-electron chi connectivity index (χ3n) is 3.64. The van der Waals surface area contributed by atoms with Gasteiger partial charge in [-0.2, -0.15) is 0 Å². The SMILES string of the molecule is Cc1cccc(NC(=S)NNC(=O)c2sc(-c3cccc(F)c3)nc2C)c1. The minimum absolute atomic E-state index is 0.265. The molecule has 0 aliphatic carbocycles. The van der Waals surface area contributed by atoms with E-state index < -0.39 is 0 Å². The number of aromatic nitrogens is 1. The standard InChI is InChI=1S/C19H17FN4OS2/c1-11-5-3-8-15(9-11)22-19(26)24-23-17(25)16-12(2)21-18(27-16)13-6-4-7-14(20)10-13/h3-10H,1-2H3,(H,23,25)(H2,22,24,26). The molecule has 138 valence electrons. The Bertz CT molecular complexity index is 1000. The van der Waals surface area contributed by atoms with E-state index in [-0.39, 0.29) is 16.8 Å². The van der Waals surface area contributed by atoms with Crippen LogP contribution in [0.15, 0.2) is 48.5 Å². The van der Waals surface area contributed by atoms with Gasteiger partial charge in [0.25, 0.3) is 5.91 Å². The predicted octanol–water partition coefficient (Wildman–Crippen LogP) is 4.20. The van der Waals surface area contributed by atoms with E-state index in [2.05, 4.69) is 21.2 Å². The number of amides is 1. The number of carbonyl (C=O) groups excluding carboxylic acids is 1. The number of rotatable bonds is 3. The molecule has 1 aromatic heterocycles. The normalized spacial score (nSPS) is 10.3. The maximum absolute atomic E-state index is 13.4. The second kappa shape index (κ2) is 8.24. The molecule has 0 fully saturated rings. The summed E-state index contributed by atoms with van der Waals surface area (Å²) in [7, 11) is 0. The number of aryl methyl sites for hydroxylation is 2. The number of carbonyl (C=O) groups is 1. The lowest BCUT2D eigenvalue weighted by molar-refractivity contribution is 0.0947. The van der Waals surface area contributed by atoms with Crippen LogP contribution in [0.25, 0.3) is 10.6 Å². The second-order valence-corrected chi connectivity index (χ2v) is 7.25. The molecule has 0 saturated carbocycles. The van der Waals surface area contributed by atoms with Crippen LogP contribution in [-0.4, -0.2) is 16.0 Å². The van der Waals surface area contributed by atoms with Gasteiger partial charge in [-0.1, -0.05) is 24.3 Å². The predicted molar refractivity (Wildman–Crippen MR) is 110 cm³/mol. The average molecular weight is 401 g/mol. The molecule has 27 heavy (non-hydrogen) atoms. The zero-order chi connectivity index (χ0) is 19.4. The Kier molecular flexibility index (Phi) is 5.78. The fourth-order valence-electron chi connectivity index (χ4n) is 2.41. The molecular weight excluding hydrogens is 383 g/mol. The summed E-state index contributed by atoms with van der Waals surface area (Å²) in [6.45, 7) is 3.71. The first-order valence-electron chi connectivity index (χ1n) is 8.10. The van der Waals surface area contributed by atoms with E-state index in [1.54, 1.807) is 19.1 Å². The molecule has 0 radical (unpaired) electrons. The molecule has 8 heteroatoms. The number of hydrogen-bond acceptors (Lipinski definition) is 4. The van der Waals surface area contributed by atoms with E-state index >= 15 is 0 Å². The quantitative estimate of drug-likeness (QED) is 0.454. The molecule has 3 aromatic rings. The molecule has 0 aliphatic heterocycles. The van der Waals surface area contributed by atoms with Gasteiger partial charge in [-0.3, -0.25) is 15.6 Å². The Hall–Kier alpha value is -2.84. The van der Waals surface area contributed by atoms with Gasteiger partial charge in [0.15, 0.2) is 5.11 Å². The number of halogens is 1. The van der Waals surface area contributed by atoms with Crippen molar-refractivity contribution in [2.45, 2.75) is 13.8 Å². The van der Waals surface area contributed by atoms with Gasteiger partial charge in [-0.15, -0.1) is 11.3 Å². The number of benzene rings is 2. The summed E-state index contributed by atoms with van der Waals surface area (Å²) in [4.78, 5) is 17.2. The smallest absolute Gasteiger partial charge is 0.281 e. The molecule has 3 N–H and O–H groups in total. The molecule has 1 heterocycles. The first kappa shape index (κ1) is 18.9. The van der Waals surface area contributed by atoms with Gasteiger partial charge in [0, 0.05) is 11.3 Å². The molecule has 0 spiro atoms. The molecule has 5 nitrogen and oxygen atoms in total. The van der Waals surface area contributed by atoms with Crippen LogP contribution in [0.3, 0.4) is 0 Å². The van der Waals surface area contributed by atoms with Crippen molar-refractivity contribution in [1.82, 2.24) is 15.8 Å². The van der Waals surface area contributed by atoms with Gasteiger partial charge >= 0.3 is 0 Å². The van der Waals surface area contributed by atoms with Crippen molar-refractivity contribution in [3.63, 3.8) is 0 Å². The van der Waals surface area contributed by atoms with Crippen molar-refractivity contribution in [2.75, 3.05) is 5.32 Å². The van der Waals surface area contributed by atoms with Crippen LogP contribution in [0.1, 0.15) is 20.9 Å². The summed E-state index contributed by atoms with van der Waals surface area (Å²) in [5, 5.41) is 3.84. The van der Waals surface area contributed by atoms with E-state index in [4.69, 9.17) is 12.2 Å². The molecule has 0 atom stereocenters. The van der Waals surface area contributed by atoms with Crippen molar-refractivity contribution in [3.05, 3.63) is 70.5 Å². The van der Waals surface area contributed by atoms with Gasteiger partial charge in [0.05, 0.1) is 5.69 Å². The van der Waals surface area contributed by atoms with E-state index in [9.17, 15) is 9.18 Å². The molecule has 0 aliphatic rings. The number of nitrogens with one attached hydrogen (secondary N) is 3. The summed E-state index contributed by atoms with van der Waals surface area (Å²) in [5.74, 6) is -0.707. The van der Waals surface area contributed by atoms with Crippen molar-refractivity contribution in [2.24, 2.45) is 0 Å². The highest BCUT2D eigenvalue weighted by Crippen LogP contribution is 2.28. The highest BCUT2D eigenvalue weighted by Gasteiger charge is 2.16. The summed E-state index contributed by atoms with van der Waals surface area (Å²) >= 11 is 6.38. The zero-order valence-corrected chi connectivity index (χ0v) is 16.3. The maximum atomic E-state index is 13.4. The minimum Gasteiger partial charge on any atom is -0.331 e. The Morgan fingerprint density at radius 1 is 1.11 bits per heavy atom. The summed E-state index contributed by atoms with van der Waals surface area (Å²) in [5.41, 5.74) is 8.34. The highest BCUT2D eigenvalue weighted by molar-refractivity contribution is 7.80. The van der Waals surface area contributed by atoms with Crippen LogP contribution >= 0.6 is 23.6 Å². The molecule has 3 rings (SSSR count). The van der Waals surface area contributed by atoms with Crippen molar-refractivity contribution < 1.29 is 9.18 Å². The second-order valence-electron chi connectivity index (χ2n) is 5.85. The van der Waals surface area contributed by atoms with Crippen molar-refractivity contribution in [1.29, 1.82) is 0 Å². The molecule has 1 amide bonds. The van der Waals surface area contributed by atoms with Gasteiger partial charge < -0.3 is 5.32 Å². The van der Waals surface area contributed by atoms with Crippen LogP contribution < -0.4 is 16.2 Å². The number of hydrazine groups is 1. The van der Waals surface area contributed by atoms with Crippen molar-refractivity contribution >= 4 is 40.3 Å². The average Bonchev–Trinajstić information content (AvgIpc) is 3.02. The number of nitrogens with zero attached hydrogens (tertiary/aromatic N) is 1. The zero-order valence-electron chi connectivity index (χ0n) is 14.7. The Labute approximate surface area is 165 Å². The number of hydrogen-bond donors (Lipinski definition) is 3. The van der Waals surface area contributed by atoms with Crippen LogP contribution in [-0.2, 0) is 0 Å². The number of anilines is 1. The Balaban J connectivity index is 1.63. The lowest BCUT2D eigenvalue weighted by atomic mass is 10.2. The molecule has 0 unspecified atom stereocenters. The third kappa shape index (κ3) is 4.87. The summed E-state index contributed by atoms with van der Waals surface area (Å²) < 4.78 is 13.4. The Morgan fingerprint density at radius 2 is 1.89 bits per heavy atom.